The summed E-state index contributed by atoms with van der Waals surface area (Å²) >= 11 is 3.54. The summed E-state index contributed by atoms with van der Waals surface area (Å²) in [5, 5.41) is 5.03. The zero-order chi connectivity index (χ0) is 18.0. The Morgan fingerprint density at radius 3 is 2.28 bits per heavy atom. The predicted molar refractivity (Wildman–Crippen MR) is 96.0 cm³/mol. The van der Waals surface area contributed by atoms with Crippen molar-refractivity contribution in [2.24, 2.45) is 11.1 Å². The Bertz CT molecular complexity index is 1070. The van der Waals surface area contributed by atoms with E-state index in [0.717, 1.165) is 10.9 Å². The summed E-state index contributed by atoms with van der Waals surface area (Å²) in [5.74, 6) is 0.470. The van der Waals surface area contributed by atoms with Gasteiger partial charge in [0.2, 0.25) is 20.0 Å². The van der Waals surface area contributed by atoms with Gasteiger partial charge in [0, 0.05) is 16.4 Å². The fraction of sp³-hybridized carbons (Fsp3) is 0.250. The molecule has 0 spiro atoms. The van der Waals surface area contributed by atoms with Gasteiger partial charge in [-0.3, -0.25) is 0 Å². The van der Waals surface area contributed by atoms with Crippen molar-refractivity contribution >= 4 is 36.0 Å². The van der Waals surface area contributed by atoms with Crippen LogP contribution in [0, 0.1) is 5.92 Å². The van der Waals surface area contributed by atoms with Crippen molar-refractivity contribution < 1.29 is 16.8 Å². The average molecular weight is 443 g/mol. The maximum absolute atomic E-state index is 12.6. The smallest absolute Gasteiger partial charge is 0.225 e. The molecule has 0 bridgehead atoms. The molecule has 2 aromatic carbocycles. The number of sulfonamides is 2. The third-order valence-electron chi connectivity index (χ3n) is 4.88. The van der Waals surface area contributed by atoms with E-state index in [1.807, 2.05) is 18.2 Å². The van der Waals surface area contributed by atoms with Crippen LogP contribution in [0.5, 0.6) is 0 Å². The average Bonchev–Trinajstić information content (AvgIpc) is 3.02. The van der Waals surface area contributed by atoms with Gasteiger partial charge in [0.15, 0.2) is 0 Å². The largest absolute Gasteiger partial charge is 0.240 e. The SMILES string of the molecule is NS(=O)(=O)c1ccc(S(=O)(=O)NC2C3Cc4c(Br)cccc4C32)cc1. The van der Waals surface area contributed by atoms with Crippen molar-refractivity contribution in [2.45, 2.75) is 28.2 Å². The highest BCUT2D eigenvalue weighted by molar-refractivity contribution is 9.10. The molecule has 0 saturated heterocycles. The minimum Gasteiger partial charge on any atom is -0.225 e. The van der Waals surface area contributed by atoms with Crippen molar-refractivity contribution in [3.8, 4) is 0 Å². The molecular formula is C16H15BrN2O4S2. The molecule has 3 unspecified atom stereocenters. The van der Waals surface area contributed by atoms with E-state index in [4.69, 9.17) is 5.14 Å². The van der Waals surface area contributed by atoms with Gasteiger partial charge >= 0.3 is 0 Å². The Labute approximate surface area is 154 Å². The molecular weight excluding hydrogens is 428 g/mol. The van der Waals surface area contributed by atoms with Crippen molar-refractivity contribution in [3.05, 3.63) is 58.1 Å². The van der Waals surface area contributed by atoms with Gasteiger partial charge in [0.1, 0.15) is 0 Å². The maximum Gasteiger partial charge on any atom is 0.240 e. The lowest BCUT2D eigenvalue weighted by Crippen LogP contribution is -2.29. The fourth-order valence-electron chi connectivity index (χ4n) is 3.61. The fourth-order valence-corrected chi connectivity index (χ4v) is 5.98. The molecule has 1 saturated carbocycles. The number of benzene rings is 2. The van der Waals surface area contributed by atoms with E-state index in [9.17, 15) is 16.8 Å². The van der Waals surface area contributed by atoms with Crippen molar-refractivity contribution in [3.63, 3.8) is 0 Å². The van der Waals surface area contributed by atoms with Crippen LogP contribution in [0.4, 0.5) is 0 Å². The number of fused-ring (bicyclic) bond motifs is 3. The van der Waals surface area contributed by atoms with Crippen LogP contribution >= 0.6 is 15.9 Å². The van der Waals surface area contributed by atoms with Gasteiger partial charge in [-0.15, -0.1) is 0 Å². The maximum atomic E-state index is 12.6. The lowest BCUT2D eigenvalue weighted by atomic mass is 10.1. The van der Waals surface area contributed by atoms with Gasteiger partial charge in [0.25, 0.3) is 0 Å². The van der Waals surface area contributed by atoms with E-state index in [0.29, 0.717) is 0 Å². The summed E-state index contributed by atoms with van der Waals surface area (Å²) in [5.41, 5.74) is 2.45. The second-order valence-corrected chi connectivity index (χ2v) is 10.5. The number of nitrogens with one attached hydrogen (secondary N) is 1. The molecule has 6 nitrogen and oxygen atoms in total. The summed E-state index contributed by atoms with van der Waals surface area (Å²) in [4.78, 5) is -0.0899. The lowest BCUT2D eigenvalue weighted by molar-refractivity contribution is 0.574. The predicted octanol–water partition coefficient (Wildman–Crippen LogP) is 1.71. The van der Waals surface area contributed by atoms with E-state index < -0.39 is 20.0 Å². The minimum atomic E-state index is -3.85. The van der Waals surface area contributed by atoms with Gasteiger partial charge in [-0.2, -0.15) is 0 Å². The quantitative estimate of drug-likeness (QED) is 0.751. The van der Waals surface area contributed by atoms with Gasteiger partial charge in [-0.25, -0.2) is 26.7 Å². The summed E-state index contributed by atoms with van der Waals surface area (Å²) in [6.07, 6.45) is 0.846. The Morgan fingerprint density at radius 1 is 1.00 bits per heavy atom. The summed E-state index contributed by atoms with van der Waals surface area (Å²) in [6, 6.07) is 10.8. The molecule has 0 heterocycles. The van der Waals surface area contributed by atoms with E-state index >= 15 is 0 Å². The first-order chi connectivity index (χ1) is 11.7. The molecule has 3 atom stereocenters. The second kappa shape index (κ2) is 5.62. The highest BCUT2D eigenvalue weighted by Crippen LogP contribution is 2.57. The van der Waals surface area contributed by atoms with Crippen molar-refractivity contribution in [2.75, 3.05) is 0 Å². The normalized spacial score (nSPS) is 24.6. The molecule has 0 aliphatic heterocycles. The Balaban J connectivity index is 1.54. The second-order valence-electron chi connectivity index (χ2n) is 6.36. The van der Waals surface area contributed by atoms with Gasteiger partial charge in [0.05, 0.1) is 9.79 Å². The third-order valence-corrected chi connectivity index (χ3v) is 8.02. The van der Waals surface area contributed by atoms with Gasteiger partial charge in [-0.1, -0.05) is 28.1 Å². The number of hydrogen-bond donors (Lipinski definition) is 2. The van der Waals surface area contributed by atoms with Crippen LogP contribution in [0.1, 0.15) is 17.0 Å². The van der Waals surface area contributed by atoms with Crippen LogP contribution in [-0.4, -0.2) is 22.9 Å². The zero-order valence-corrected chi connectivity index (χ0v) is 16.1. The van der Waals surface area contributed by atoms with Crippen LogP contribution in [0.3, 0.4) is 0 Å². The van der Waals surface area contributed by atoms with Crippen molar-refractivity contribution in [1.29, 1.82) is 0 Å². The molecule has 2 aromatic rings. The summed E-state index contributed by atoms with van der Waals surface area (Å²) in [7, 11) is -7.56. The topological polar surface area (TPSA) is 106 Å². The lowest BCUT2D eigenvalue weighted by Gasteiger charge is -2.12. The van der Waals surface area contributed by atoms with E-state index in [1.54, 1.807) is 0 Å². The standard InChI is InChI=1S/C16H15BrN2O4S2/c17-14-3-1-2-11-12(14)8-13-15(11)16(13)19-25(22,23)10-6-4-9(5-7-10)24(18,20)21/h1-7,13,15-16,19H,8H2,(H2,18,20,21). The number of primary sulfonamides is 1. The number of hydrogen-bond acceptors (Lipinski definition) is 4. The minimum absolute atomic E-state index is 0.0272. The highest BCUT2D eigenvalue weighted by Gasteiger charge is 2.57. The number of nitrogens with two attached hydrogens (primary N) is 1. The van der Waals surface area contributed by atoms with E-state index in [1.165, 1.54) is 35.4 Å². The zero-order valence-electron chi connectivity index (χ0n) is 12.9. The van der Waals surface area contributed by atoms with E-state index in [2.05, 4.69) is 20.7 Å². The monoisotopic (exact) mass is 442 g/mol. The van der Waals surface area contributed by atoms with Crippen LogP contribution in [-0.2, 0) is 26.5 Å². The highest BCUT2D eigenvalue weighted by atomic mass is 79.9. The molecule has 1 fully saturated rings. The Hall–Kier alpha value is -1.26. The third kappa shape index (κ3) is 2.93. The molecule has 0 radical (unpaired) electrons. The van der Waals surface area contributed by atoms with Crippen LogP contribution < -0.4 is 9.86 Å². The van der Waals surface area contributed by atoms with Crippen LogP contribution in [0.15, 0.2) is 56.7 Å². The molecule has 0 aromatic heterocycles. The molecule has 25 heavy (non-hydrogen) atoms. The van der Waals surface area contributed by atoms with Gasteiger partial charge in [-0.05, 0) is 53.8 Å². The first-order valence-electron chi connectivity index (χ1n) is 7.61. The molecule has 3 N–H and O–H groups in total. The first kappa shape index (κ1) is 17.2. The molecule has 2 aliphatic carbocycles. The van der Waals surface area contributed by atoms with Crippen LogP contribution in [0.2, 0.25) is 0 Å². The Morgan fingerprint density at radius 2 is 1.64 bits per heavy atom. The Kier molecular flexibility index (Phi) is 3.86. The van der Waals surface area contributed by atoms with Crippen LogP contribution in [0.25, 0.3) is 0 Å². The molecule has 9 heteroatoms. The van der Waals surface area contributed by atoms with Crippen molar-refractivity contribution in [1.82, 2.24) is 4.72 Å². The number of rotatable bonds is 4. The number of halogens is 1. The summed E-state index contributed by atoms with van der Waals surface area (Å²) < 4.78 is 51.5. The summed E-state index contributed by atoms with van der Waals surface area (Å²) in [6.45, 7) is 0. The molecule has 132 valence electrons. The molecule has 4 rings (SSSR count). The van der Waals surface area contributed by atoms with Gasteiger partial charge < -0.3 is 0 Å². The first-order valence-corrected chi connectivity index (χ1v) is 11.4. The van der Waals surface area contributed by atoms with E-state index in [-0.39, 0.29) is 27.7 Å². The molecule has 0 amide bonds. The molecule has 2 aliphatic rings.